The molecule has 1 aromatic carbocycles. The highest BCUT2D eigenvalue weighted by molar-refractivity contribution is 7.92. The first-order chi connectivity index (χ1) is 18.4. The number of hydrogen-bond donors (Lipinski definition) is 3. The fourth-order valence-electron chi connectivity index (χ4n) is 3.26. The Labute approximate surface area is 225 Å². The minimum atomic E-state index is -5.58. The molecule has 40 heavy (non-hydrogen) atoms. The second kappa shape index (κ2) is 11.5. The van der Waals surface area contributed by atoms with Crippen molar-refractivity contribution in [2.45, 2.75) is 24.8 Å². The summed E-state index contributed by atoms with van der Waals surface area (Å²) in [5.74, 6) is -0.0698. The molecule has 3 rings (SSSR count). The van der Waals surface area contributed by atoms with Gasteiger partial charge in [0.2, 0.25) is 10.0 Å². The van der Waals surface area contributed by atoms with Crippen LogP contribution in [-0.4, -0.2) is 45.6 Å². The van der Waals surface area contributed by atoms with Gasteiger partial charge in [0, 0.05) is 49.8 Å². The summed E-state index contributed by atoms with van der Waals surface area (Å²) < 4.78 is 127. The first-order valence-electron chi connectivity index (χ1n) is 11.0. The standard InChI is InChI=1S/C22H22F6N6O4S2/c1-34(39(2,35)36)20-15(6-4-8-29-20)12-30-18-10-19(31-13-17(18)21(23,24)25)33-16-7-3-5-14(9-16)11-32-40(37,38)22(26,27)28/h3-10,13,32H,11-12H2,1-2H3,(H2,30,31,33). The molecule has 0 saturated carbocycles. The Kier molecular flexibility index (Phi) is 8.85. The van der Waals surface area contributed by atoms with Crippen molar-refractivity contribution in [2.75, 3.05) is 28.2 Å². The molecule has 0 aliphatic rings. The maximum Gasteiger partial charge on any atom is 0.511 e. The van der Waals surface area contributed by atoms with Gasteiger partial charge in [-0.2, -0.15) is 26.3 Å². The third-order valence-corrected chi connectivity index (χ3v) is 7.61. The van der Waals surface area contributed by atoms with E-state index in [2.05, 4.69) is 20.6 Å². The first kappa shape index (κ1) is 30.9. The van der Waals surface area contributed by atoms with E-state index < -0.39 is 49.5 Å². The molecule has 0 bridgehead atoms. The molecule has 0 aliphatic carbocycles. The van der Waals surface area contributed by atoms with Gasteiger partial charge in [-0.15, -0.1) is 0 Å². The zero-order valence-corrected chi connectivity index (χ0v) is 22.3. The van der Waals surface area contributed by atoms with Crippen molar-refractivity contribution >= 4 is 43.1 Å². The molecule has 0 fully saturated rings. The van der Waals surface area contributed by atoms with Crippen LogP contribution in [0, 0.1) is 0 Å². The molecule has 10 nitrogen and oxygen atoms in total. The molecule has 18 heteroatoms. The number of pyridine rings is 2. The van der Waals surface area contributed by atoms with Gasteiger partial charge in [0.1, 0.15) is 11.6 Å². The number of alkyl halides is 6. The minimum absolute atomic E-state index is 0.0106. The summed E-state index contributed by atoms with van der Waals surface area (Å²) in [7, 11) is -8.04. The SMILES string of the molecule is CN(c1ncccc1CNc1cc(Nc2cccc(CNS(=O)(=O)C(F)(F)F)c2)ncc1C(F)(F)F)S(C)(=O)=O. The van der Waals surface area contributed by atoms with Crippen LogP contribution in [0.2, 0.25) is 0 Å². The van der Waals surface area contributed by atoms with Crippen molar-refractivity contribution in [2.24, 2.45) is 0 Å². The number of hydrogen-bond acceptors (Lipinski definition) is 8. The number of sulfonamides is 2. The number of aromatic nitrogens is 2. The molecule has 0 unspecified atom stereocenters. The molecule has 2 aromatic heterocycles. The third-order valence-electron chi connectivity index (χ3n) is 5.31. The van der Waals surface area contributed by atoms with Crippen LogP contribution in [0.15, 0.2) is 54.9 Å². The quantitative estimate of drug-likeness (QED) is 0.291. The van der Waals surface area contributed by atoms with Crippen LogP contribution in [0.3, 0.4) is 0 Å². The Morgan fingerprint density at radius 1 is 0.925 bits per heavy atom. The number of rotatable bonds is 10. The highest BCUT2D eigenvalue weighted by Gasteiger charge is 2.45. The second-order valence-electron chi connectivity index (χ2n) is 8.28. The lowest BCUT2D eigenvalue weighted by Crippen LogP contribution is -2.35. The number of nitrogens with zero attached hydrogens (tertiary/aromatic N) is 3. The van der Waals surface area contributed by atoms with Gasteiger partial charge in [-0.3, -0.25) is 4.31 Å². The third kappa shape index (κ3) is 7.72. The van der Waals surface area contributed by atoms with Gasteiger partial charge in [0.25, 0.3) is 0 Å². The van der Waals surface area contributed by atoms with E-state index in [9.17, 15) is 43.2 Å². The maximum atomic E-state index is 13.7. The average Bonchev–Trinajstić information content (AvgIpc) is 2.84. The lowest BCUT2D eigenvalue weighted by atomic mass is 10.2. The fraction of sp³-hybridized carbons (Fsp3) is 0.273. The summed E-state index contributed by atoms with van der Waals surface area (Å²) in [6.45, 7) is -0.940. The van der Waals surface area contributed by atoms with Crippen molar-refractivity contribution in [3.63, 3.8) is 0 Å². The first-order valence-corrected chi connectivity index (χ1v) is 14.3. The summed E-state index contributed by atoms with van der Waals surface area (Å²) in [5.41, 5.74) is -6.41. The Hall–Kier alpha value is -3.64. The van der Waals surface area contributed by atoms with E-state index in [0.717, 1.165) is 16.6 Å². The predicted octanol–water partition coefficient (Wildman–Crippen LogP) is 4.19. The number of halogens is 6. The molecule has 0 aliphatic heterocycles. The van der Waals surface area contributed by atoms with Crippen LogP contribution in [0.25, 0.3) is 0 Å². The van der Waals surface area contributed by atoms with Crippen LogP contribution in [0.4, 0.5) is 49.4 Å². The second-order valence-corrected chi connectivity index (χ2v) is 12.1. The van der Waals surface area contributed by atoms with Crippen molar-refractivity contribution in [1.29, 1.82) is 0 Å². The van der Waals surface area contributed by atoms with E-state index in [1.54, 1.807) is 0 Å². The van der Waals surface area contributed by atoms with Crippen LogP contribution in [0.5, 0.6) is 0 Å². The Morgan fingerprint density at radius 2 is 1.62 bits per heavy atom. The van der Waals surface area contributed by atoms with Gasteiger partial charge in [-0.1, -0.05) is 18.2 Å². The Morgan fingerprint density at radius 3 is 2.25 bits per heavy atom. The molecule has 3 N–H and O–H groups in total. The van der Waals surface area contributed by atoms with E-state index in [1.807, 2.05) is 0 Å². The molecule has 0 spiro atoms. The zero-order chi connectivity index (χ0) is 29.9. The highest BCUT2D eigenvalue weighted by atomic mass is 32.2. The molecule has 3 aromatic rings. The average molecular weight is 613 g/mol. The van der Waals surface area contributed by atoms with Gasteiger partial charge in [-0.05, 0) is 23.8 Å². The lowest BCUT2D eigenvalue weighted by Gasteiger charge is -2.20. The smallest absolute Gasteiger partial charge is 0.380 e. The van der Waals surface area contributed by atoms with Crippen molar-refractivity contribution < 1.29 is 43.2 Å². The molecule has 218 valence electrons. The summed E-state index contributed by atoms with van der Waals surface area (Å²) >= 11 is 0. The van der Waals surface area contributed by atoms with E-state index in [0.29, 0.717) is 6.20 Å². The van der Waals surface area contributed by atoms with Gasteiger partial charge < -0.3 is 10.6 Å². The molecule has 0 radical (unpaired) electrons. The fourth-order valence-corrected chi connectivity index (χ4v) is 4.26. The van der Waals surface area contributed by atoms with Crippen LogP contribution in [0.1, 0.15) is 16.7 Å². The molecule has 0 atom stereocenters. The zero-order valence-electron chi connectivity index (χ0n) is 20.7. The van der Waals surface area contributed by atoms with E-state index >= 15 is 0 Å². The lowest BCUT2D eigenvalue weighted by molar-refractivity contribution is -0.137. The van der Waals surface area contributed by atoms with E-state index in [4.69, 9.17) is 0 Å². The molecule has 2 heterocycles. The molecular weight excluding hydrogens is 590 g/mol. The highest BCUT2D eigenvalue weighted by Crippen LogP contribution is 2.36. The predicted molar refractivity (Wildman–Crippen MR) is 136 cm³/mol. The monoisotopic (exact) mass is 612 g/mol. The van der Waals surface area contributed by atoms with Crippen LogP contribution in [-0.2, 0) is 39.3 Å². The van der Waals surface area contributed by atoms with Crippen molar-refractivity contribution in [3.05, 3.63) is 71.5 Å². The van der Waals surface area contributed by atoms with Crippen LogP contribution >= 0.6 is 0 Å². The Bertz CT molecular complexity index is 1580. The summed E-state index contributed by atoms with van der Waals surface area (Å²) in [6.07, 6.45) is -1.95. The number of benzene rings is 1. The van der Waals surface area contributed by atoms with Crippen molar-refractivity contribution in [1.82, 2.24) is 14.7 Å². The number of anilines is 4. The van der Waals surface area contributed by atoms with E-state index in [1.165, 1.54) is 54.4 Å². The van der Waals surface area contributed by atoms with E-state index in [-0.39, 0.29) is 35.0 Å². The topological polar surface area (TPSA) is 133 Å². The molecule has 0 amide bonds. The maximum absolute atomic E-state index is 13.7. The van der Waals surface area contributed by atoms with Crippen LogP contribution < -0.4 is 19.7 Å². The summed E-state index contributed by atoms with van der Waals surface area (Å²) in [4.78, 5) is 7.76. The largest absolute Gasteiger partial charge is 0.511 e. The van der Waals surface area contributed by atoms with Gasteiger partial charge in [0.05, 0.1) is 17.5 Å². The van der Waals surface area contributed by atoms with Gasteiger partial charge in [0.15, 0.2) is 0 Å². The normalized spacial score (nSPS) is 12.7. The van der Waals surface area contributed by atoms with Gasteiger partial charge >= 0.3 is 21.7 Å². The summed E-state index contributed by atoms with van der Waals surface area (Å²) in [5, 5.41) is 5.35. The summed E-state index contributed by atoms with van der Waals surface area (Å²) in [6, 6.07) is 9.48. The molecule has 0 saturated heterocycles. The minimum Gasteiger partial charge on any atom is -0.380 e. The molecular formula is C22H22F6N6O4S2. The number of nitrogens with one attached hydrogen (secondary N) is 3. The van der Waals surface area contributed by atoms with Gasteiger partial charge in [-0.25, -0.2) is 31.5 Å². The Balaban J connectivity index is 1.85. The van der Waals surface area contributed by atoms with Crippen molar-refractivity contribution in [3.8, 4) is 0 Å².